The van der Waals surface area contributed by atoms with E-state index in [1.807, 2.05) is 42.5 Å². The first-order chi connectivity index (χ1) is 18.6. The van der Waals surface area contributed by atoms with E-state index in [1.54, 1.807) is 47.6 Å². The number of carbonyl (C=O) groups is 2. The Balaban J connectivity index is 1.47. The highest BCUT2D eigenvalue weighted by molar-refractivity contribution is 6.34. The van der Waals surface area contributed by atoms with Crippen molar-refractivity contribution in [1.29, 1.82) is 0 Å². The van der Waals surface area contributed by atoms with Crippen molar-refractivity contribution in [1.82, 2.24) is 9.38 Å². The molecule has 2 fully saturated rings. The first-order valence-corrected chi connectivity index (χ1v) is 12.8. The fourth-order valence-electron chi connectivity index (χ4n) is 5.71. The Hall–Kier alpha value is -4.79. The molecule has 2 saturated heterocycles. The van der Waals surface area contributed by atoms with E-state index in [0.29, 0.717) is 22.8 Å². The second-order valence-corrected chi connectivity index (χ2v) is 9.67. The van der Waals surface area contributed by atoms with Crippen molar-refractivity contribution in [3.8, 4) is 0 Å². The van der Waals surface area contributed by atoms with Crippen LogP contribution in [0.3, 0.4) is 0 Å². The largest absolute Gasteiger partial charge is 0.356 e. The van der Waals surface area contributed by atoms with Crippen LogP contribution in [0.2, 0.25) is 0 Å². The molecule has 2 aromatic heterocycles. The molecule has 9 heteroatoms. The normalized spacial score (nSPS) is 20.9. The fraction of sp³-hybridized carbons (Fsp3) is 0.207. The molecule has 0 N–H and O–H groups in total. The van der Waals surface area contributed by atoms with Gasteiger partial charge >= 0.3 is 0 Å². The van der Waals surface area contributed by atoms with Gasteiger partial charge in [-0.3, -0.25) is 23.8 Å². The highest BCUT2D eigenvalue weighted by atomic mass is 16.2. The molecule has 2 aromatic carbocycles. The summed E-state index contributed by atoms with van der Waals surface area (Å²) >= 11 is 0. The lowest BCUT2D eigenvalue weighted by molar-refractivity contribution is -0.121. The summed E-state index contributed by atoms with van der Waals surface area (Å²) in [5.41, 5.74) is 1.96. The minimum atomic E-state index is -0.944. The van der Waals surface area contributed by atoms with Crippen LogP contribution in [0.4, 0.5) is 17.2 Å². The van der Waals surface area contributed by atoms with Crippen molar-refractivity contribution in [2.24, 2.45) is 11.0 Å². The summed E-state index contributed by atoms with van der Waals surface area (Å²) in [6, 6.07) is 22.7. The van der Waals surface area contributed by atoms with Crippen LogP contribution in [0, 0.1) is 5.92 Å². The van der Waals surface area contributed by atoms with E-state index in [4.69, 9.17) is 10.1 Å². The molecule has 0 aliphatic carbocycles. The van der Waals surface area contributed by atoms with Crippen molar-refractivity contribution in [2.45, 2.75) is 18.9 Å². The molecule has 4 aromatic rings. The van der Waals surface area contributed by atoms with Crippen LogP contribution in [0.15, 0.2) is 95.0 Å². The predicted octanol–water partition coefficient (Wildman–Crippen LogP) is 3.08. The molecule has 7 rings (SSSR count). The average molecular weight is 505 g/mol. The molecular weight excluding hydrogens is 480 g/mol. The number of nitrogens with zero attached hydrogens (tertiary/aromatic N) is 6. The standard InChI is InChI=1S/C29H24N6O3/c36-27-23(26(32-16-9-10-17-32)30-21-15-7-8-18-33(21)27)24-22-25(35(31-24)20-13-5-2-6-14-20)29(38)34(28(22)37)19-11-3-1-4-12-19/h1-8,11-15,18,22,25H,9-10,16-17H2/t22-,25+/m1/s1. The summed E-state index contributed by atoms with van der Waals surface area (Å²) in [6.07, 6.45) is 3.65. The second kappa shape index (κ2) is 8.65. The number of hydrogen-bond acceptors (Lipinski definition) is 7. The lowest BCUT2D eigenvalue weighted by atomic mass is 9.93. The quantitative estimate of drug-likeness (QED) is 0.397. The van der Waals surface area contributed by atoms with Gasteiger partial charge in [0.2, 0.25) is 5.91 Å². The van der Waals surface area contributed by atoms with Crippen LogP contribution in [0.5, 0.6) is 0 Å². The summed E-state index contributed by atoms with van der Waals surface area (Å²) in [6.45, 7) is 1.52. The van der Waals surface area contributed by atoms with Gasteiger partial charge in [-0.15, -0.1) is 0 Å². The van der Waals surface area contributed by atoms with Crippen LogP contribution in [0.1, 0.15) is 18.4 Å². The van der Waals surface area contributed by atoms with Gasteiger partial charge < -0.3 is 4.90 Å². The molecule has 2 atom stereocenters. The van der Waals surface area contributed by atoms with Crippen molar-refractivity contribution in [3.63, 3.8) is 0 Å². The number of aromatic nitrogens is 2. The molecule has 2 amide bonds. The number of para-hydroxylation sites is 2. The van der Waals surface area contributed by atoms with Crippen LogP contribution < -0.4 is 20.4 Å². The molecule has 0 bridgehead atoms. The number of rotatable bonds is 4. The molecule has 188 valence electrons. The van der Waals surface area contributed by atoms with Gasteiger partial charge in [0.1, 0.15) is 29.0 Å². The number of fused-ring (bicyclic) bond motifs is 2. The molecule has 0 unspecified atom stereocenters. The van der Waals surface area contributed by atoms with E-state index >= 15 is 0 Å². The molecule has 0 radical (unpaired) electrons. The zero-order valence-corrected chi connectivity index (χ0v) is 20.5. The highest BCUT2D eigenvalue weighted by Crippen LogP contribution is 2.40. The van der Waals surface area contributed by atoms with E-state index in [1.165, 1.54) is 9.30 Å². The molecule has 3 aliphatic heterocycles. The van der Waals surface area contributed by atoms with Gasteiger partial charge in [0.05, 0.1) is 17.1 Å². The summed E-state index contributed by atoms with van der Waals surface area (Å²) < 4.78 is 1.48. The third-order valence-electron chi connectivity index (χ3n) is 7.46. The second-order valence-electron chi connectivity index (χ2n) is 9.67. The van der Waals surface area contributed by atoms with Gasteiger partial charge in [-0.2, -0.15) is 5.10 Å². The Morgan fingerprint density at radius 1 is 0.737 bits per heavy atom. The van der Waals surface area contributed by atoms with Gasteiger partial charge in [-0.1, -0.05) is 42.5 Å². The van der Waals surface area contributed by atoms with Crippen LogP contribution in [-0.2, 0) is 9.59 Å². The lowest BCUT2D eigenvalue weighted by Crippen LogP contribution is -2.39. The number of hydrazone groups is 1. The van der Waals surface area contributed by atoms with Crippen LogP contribution >= 0.6 is 0 Å². The van der Waals surface area contributed by atoms with Crippen molar-refractivity contribution >= 4 is 40.4 Å². The topological polar surface area (TPSA) is 90.6 Å². The first kappa shape index (κ1) is 22.4. The molecule has 9 nitrogen and oxygen atoms in total. The Bertz CT molecular complexity index is 1660. The Morgan fingerprint density at radius 2 is 1.39 bits per heavy atom. The van der Waals surface area contributed by atoms with Crippen LogP contribution in [-0.4, -0.2) is 46.0 Å². The Morgan fingerprint density at radius 3 is 2.11 bits per heavy atom. The summed E-state index contributed by atoms with van der Waals surface area (Å²) in [5.74, 6) is -1.19. The molecule has 38 heavy (non-hydrogen) atoms. The van der Waals surface area contributed by atoms with E-state index in [2.05, 4.69) is 4.90 Å². The Kier molecular flexibility index (Phi) is 5.10. The van der Waals surface area contributed by atoms with Gasteiger partial charge in [0, 0.05) is 19.3 Å². The van der Waals surface area contributed by atoms with Gasteiger partial charge in [-0.05, 0) is 49.2 Å². The average Bonchev–Trinajstić information content (AvgIpc) is 3.68. The number of anilines is 3. The third kappa shape index (κ3) is 3.28. The highest BCUT2D eigenvalue weighted by Gasteiger charge is 2.58. The van der Waals surface area contributed by atoms with E-state index in [9.17, 15) is 14.4 Å². The number of pyridine rings is 1. The van der Waals surface area contributed by atoms with E-state index in [0.717, 1.165) is 25.9 Å². The first-order valence-electron chi connectivity index (χ1n) is 12.8. The lowest BCUT2D eigenvalue weighted by Gasteiger charge is -2.22. The minimum absolute atomic E-state index is 0.278. The van der Waals surface area contributed by atoms with Gasteiger partial charge in [0.15, 0.2) is 0 Å². The predicted molar refractivity (Wildman–Crippen MR) is 145 cm³/mol. The maximum atomic E-state index is 14.1. The zero-order chi connectivity index (χ0) is 25.8. The smallest absolute Gasteiger partial charge is 0.269 e. The fourth-order valence-corrected chi connectivity index (χ4v) is 5.71. The number of amides is 2. The number of benzene rings is 2. The molecule has 3 aliphatic rings. The summed E-state index contributed by atoms with van der Waals surface area (Å²) in [5, 5.41) is 6.44. The zero-order valence-electron chi connectivity index (χ0n) is 20.5. The molecule has 5 heterocycles. The van der Waals surface area contributed by atoms with Crippen LogP contribution in [0.25, 0.3) is 5.65 Å². The summed E-state index contributed by atoms with van der Waals surface area (Å²) in [7, 11) is 0. The maximum Gasteiger partial charge on any atom is 0.269 e. The Labute approximate surface area is 218 Å². The van der Waals surface area contributed by atoms with Crippen molar-refractivity contribution in [2.75, 3.05) is 27.9 Å². The third-order valence-corrected chi connectivity index (χ3v) is 7.46. The number of carbonyl (C=O) groups excluding carboxylic acids is 2. The van der Waals surface area contributed by atoms with Crippen molar-refractivity contribution in [3.05, 3.63) is 101 Å². The molecular formula is C29H24N6O3. The van der Waals surface area contributed by atoms with E-state index in [-0.39, 0.29) is 22.7 Å². The number of hydrogen-bond donors (Lipinski definition) is 0. The SMILES string of the molecule is O=C1[C@@H]2C(c3c(N4CCCC4)nc4ccccn4c3=O)=NN(c3ccccc3)[C@@H]2C(=O)N1c1ccccc1. The maximum absolute atomic E-state index is 14.1. The molecule has 0 spiro atoms. The van der Waals surface area contributed by atoms with Gasteiger partial charge in [-0.25, -0.2) is 9.88 Å². The van der Waals surface area contributed by atoms with Gasteiger partial charge in [0.25, 0.3) is 11.5 Å². The number of imide groups is 1. The minimum Gasteiger partial charge on any atom is -0.356 e. The summed E-state index contributed by atoms with van der Waals surface area (Å²) in [4.78, 5) is 50.1. The molecule has 0 saturated carbocycles. The van der Waals surface area contributed by atoms with Crippen molar-refractivity contribution < 1.29 is 9.59 Å². The van der Waals surface area contributed by atoms with E-state index < -0.39 is 17.9 Å². The monoisotopic (exact) mass is 504 g/mol.